The average molecular weight is 368 g/mol. The van der Waals surface area contributed by atoms with E-state index in [0.717, 1.165) is 11.1 Å². The van der Waals surface area contributed by atoms with E-state index >= 15 is 0 Å². The number of sulfone groups is 1. The maximum atomic E-state index is 12.9. The topological polar surface area (TPSA) is 58.9 Å². The lowest BCUT2D eigenvalue weighted by molar-refractivity contribution is 0.0766. The van der Waals surface area contributed by atoms with Crippen molar-refractivity contribution >= 4 is 21.3 Å². The first-order chi connectivity index (χ1) is 12.5. The van der Waals surface area contributed by atoms with E-state index in [0.29, 0.717) is 18.5 Å². The highest BCUT2D eigenvalue weighted by atomic mass is 32.2. The molecule has 0 saturated carbocycles. The molecule has 2 aromatic heterocycles. The van der Waals surface area contributed by atoms with Crippen molar-refractivity contribution in [3.05, 3.63) is 78.1 Å². The molecule has 1 aliphatic heterocycles. The second-order valence-electron chi connectivity index (χ2n) is 6.61. The van der Waals surface area contributed by atoms with E-state index in [1.165, 1.54) is 0 Å². The molecule has 3 heterocycles. The second kappa shape index (κ2) is 6.61. The summed E-state index contributed by atoms with van der Waals surface area (Å²) < 4.78 is 27.3. The summed E-state index contributed by atoms with van der Waals surface area (Å²) in [6, 6.07) is 16.9. The first kappa shape index (κ1) is 16.8. The van der Waals surface area contributed by atoms with Crippen molar-refractivity contribution in [2.45, 2.75) is 11.7 Å². The van der Waals surface area contributed by atoms with Crippen molar-refractivity contribution in [3.63, 3.8) is 0 Å². The van der Waals surface area contributed by atoms with E-state index < -0.39 is 15.1 Å². The molecule has 6 heteroatoms. The molecule has 5 nitrogen and oxygen atoms in total. The summed E-state index contributed by atoms with van der Waals surface area (Å²) >= 11 is 0. The van der Waals surface area contributed by atoms with Gasteiger partial charge in [0, 0.05) is 31.0 Å². The summed E-state index contributed by atoms with van der Waals surface area (Å²) in [6.07, 6.45) is 4.11. The van der Waals surface area contributed by atoms with E-state index in [1.54, 1.807) is 11.1 Å². The van der Waals surface area contributed by atoms with Crippen molar-refractivity contribution in [3.8, 4) is 0 Å². The Morgan fingerprint density at radius 1 is 1.00 bits per heavy atom. The van der Waals surface area contributed by atoms with Crippen molar-refractivity contribution < 1.29 is 13.2 Å². The number of fused-ring (bicyclic) bond motifs is 1. The molecular weight excluding hydrogens is 348 g/mol. The van der Waals surface area contributed by atoms with Crippen molar-refractivity contribution in [1.82, 2.24) is 9.30 Å². The van der Waals surface area contributed by atoms with Crippen LogP contribution in [0.2, 0.25) is 0 Å². The van der Waals surface area contributed by atoms with Crippen LogP contribution >= 0.6 is 0 Å². The SMILES string of the molecule is O=C(c1cc2ccccn2c1)N1CCC(c2ccccc2)S(=O)(=O)CC1. The maximum absolute atomic E-state index is 12.9. The third kappa shape index (κ3) is 3.12. The molecule has 1 saturated heterocycles. The summed E-state index contributed by atoms with van der Waals surface area (Å²) in [5.41, 5.74) is 2.34. The van der Waals surface area contributed by atoms with Gasteiger partial charge in [-0.05, 0) is 30.2 Å². The predicted molar refractivity (Wildman–Crippen MR) is 101 cm³/mol. The zero-order valence-electron chi connectivity index (χ0n) is 14.3. The Labute approximate surface area is 152 Å². The number of hydrogen-bond donors (Lipinski definition) is 0. The molecule has 1 amide bonds. The molecule has 4 rings (SSSR count). The number of hydrogen-bond acceptors (Lipinski definition) is 3. The fourth-order valence-corrected chi connectivity index (χ4v) is 5.34. The first-order valence-corrected chi connectivity index (χ1v) is 10.4. The van der Waals surface area contributed by atoms with Crippen LogP contribution in [-0.2, 0) is 9.84 Å². The lowest BCUT2D eigenvalue weighted by Gasteiger charge is -2.19. The summed E-state index contributed by atoms with van der Waals surface area (Å²) in [5, 5.41) is -0.547. The molecule has 1 fully saturated rings. The Bertz CT molecular complexity index is 1010. The molecule has 0 aliphatic carbocycles. The minimum atomic E-state index is -3.29. The van der Waals surface area contributed by atoms with Crippen LogP contribution in [0.25, 0.3) is 5.52 Å². The van der Waals surface area contributed by atoms with E-state index in [4.69, 9.17) is 0 Å². The second-order valence-corrected chi connectivity index (χ2v) is 8.91. The maximum Gasteiger partial charge on any atom is 0.255 e. The number of benzene rings is 1. The zero-order chi connectivity index (χ0) is 18.1. The van der Waals surface area contributed by atoms with Gasteiger partial charge in [-0.1, -0.05) is 36.4 Å². The molecule has 1 atom stereocenters. The zero-order valence-corrected chi connectivity index (χ0v) is 15.1. The lowest BCUT2D eigenvalue weighted by atomic mass is 10.1. The van der Waals surface area contributed by atoms with Gasteiger partial charge < -0.3 is 9.30 Å². The third-order valence-corrected chi connectivity index (χ3v) is 7.08. The summed E-state index contributed by atoms with van der Waals surface area (Å²) in [6.45, 7) is 0.667. The van der Waals surface area contributed by atoms with E-state index in [2.05, 4.69) is 0 Å². The van der Waals surface area contributed by atoms with E-state index in [1.807, 2.05) is 65.2 Å². The molecule has 26 heavy (non-hydrogen) atoms. The molecule has 0 bridgehead atoms. The summed E-state index contributed by atoms with van der Waals surface area (Å²) in [5.74, 6) is -0.122. The molecule has 1 aliphatic rings. The first-order valence-electron chi connectivity index (χ1n) is 8.67. The molecule has 0 radical (unpaired) electrons. The Morgan fingerprint density at radius 2 is 1.77 bits per heavy atom. The highest BCUT2D eigenvalue weighted by Gasteiger charge is 2.32. The minimum absolute atomic E-state index is 0.00826. The highest BCUT2D eigenvalue weighted by Crippen LogP contribution is 2.29. The number of nitrogens with zero attached hydrogens (tertiary/aromatic N) is 2. The van der Waals surface area contributed by atoms with Gasteiger partial charge in [-0.15, -0.1) is 0 Å². The quantitative estimate of drug-likeness (QED) is 0.699. The summed E-state index contributed by atoms with van der Waals surface area (Å²) in [4.78, 5) is 14.6. The molecule has 1 aromatic carbocycles. The van der Waals surface area contributed by atoms with Gasteiger partial charge in [-0.2, -0.15) is 0 Å². The fraction of sp³-hybridized carbons (Fsp3) is 0.250. The Balaban J connectivity index is 1.58. The number of amides is 1. The van der Waals surface area contributed by atoms with Crippen LogP contribution in [0.5, 0.6) is 0 Å². The molecule has 3 aromatic rings. The van der Waals surface area contributed by atoms with E-state index in [9.17, 15) is 13.2 Å². The Morgan fingerprint density at radius 3 is 2.54 bits per heavy atom. The number of rotatable bonds is 2. The van der Waals surface area contributed by atoms with Crippen LogP contribution in [0, 0.1) is 0 Å². The van der Waals surface area contributed by atoms with Crippen LogP contribution in [0.4, 0.5) is 0 Å². The molecule has 0 N–H and O–H groups in total. The van der Waals surface area contributed by atoms with Gasteiger partial charge in [-0.25, -0.2) is 8.42 Å². The van der Waals surface area contributed by atoms with Crippen LogP contribution in [-0.4, -0.2) is 42.5 Å². The van der Waals surface area contributed by atoms with Crippen LogP contribution in [0.3, 0.4) is 0 Å². The molecule has 134 valence electrons. The number of pyridine rings is 1. The predicted octanol–water partition coefficient (Wildman–Crippen LogP) is 2.94. The normalized spacial score (nSPS) is 20.0. The van der Waals surface area contributed by atoms with Crippen molar-refractivity contribution in [2.24, 2.45) is 0 Å². The number of aromatic nitrogens is 1. The smallest absolute Gasteiger partial charge is 0.255 e. The van der Waals surface area contributed by atoms with Gasteiger partial charge in [0.1, 0.15) is 0 Å². The van der Waals surface area contributed by atoms with E-state index in [-0.39, 0.29) is 18.2 Å². The van der Waals surface area contributed by atoms with Crippen LogP contribution < -0.4 is 0 Å². The average Bonchev–Trinajstić information content (AvgIpc) is 3.01. The standard InChI is InChI=1S/C20H20N2O3S/c23-20(17-14-18-8-4-5-10-22(18)15-17)21-11-9-19(26(24,25)13-12-21)16-6-2-1-3-7-16/h1-8,10,14-15,19H,9,11-13H2. The largest absolute Gasteiger partial charge is 0.338 e. The van der Waals surface area contributed by atoms with Crippen molar-refractivity contribution in [2.75, 3.05) is 18.8 Å². The van der Waals surface area contributed by atoms with Gasteiger partial charge in [0.25, 0.3) is 5.91 Å². The van der Waals surface area contributed by atoms with Gasteiger partial charge in [0.15, 0.2) is 9.84 Å². The third-order valence-electron chi connectivity index (χ3n) is 4.95. The van der Waals surface area contributed by atoms with Crippen LogP contribution in [0.1, 0.15) is 27.6 Å². The highest BCUT2D eigenvalue weighted by molar-refractivity contribution is 7.91. The monoisotopic (exact) mass is 368 g/mol. The Kier molecular flexibility index (Phi) is 4.28. The number of carbonyl (C=O) groups excluding carboxylic acids is 1. The molecule has 1 unspecified atom stereocenters. The lowest BCUT2D eigenvalue weighted by Crippen LogP contribution is -2.33. The minimum Gasteiger partial charge on any atom is -0.338 e. The van der Waals surface area contributed by atoms with Crippen LogP contribution in [0.15, 0.2) is 67.0 Å². The summed E-state index contributed by atoms with van der Waals surface area (Å²) in [7, 11) is -3.29. The number of carbonyl (C=O) groups is 1. The molecular formula is C20H20N2O3S. The van der Waals surface area contributed by atoms with Gasteiger partial charge in [-0.3, -0.25) is 4.79 Å². The Hall–Kier alpha value is -2.60. The van der Waals surface area contributed by atoms with Crippen molar-refractivity contribution in [1.29, 1.82) is 0 Å². The van der Waals surface area contributed by atoms with Gasteiger partial charge in [0.05, 0.1) is 16.6 Å². The molecule has 0 spiro atoms. The van der Waals surface area contributed by atoms with Gasteiger partial charge >= 0.3 is 0 Å². The van der Waals surface area contributed by atoms with Gasteiger partial charge in [0.2, 0.25) is 0 Å². The fourth-order valence-electron chi connectivity index (χ4n) is 3.54.